The Morgan fingerprint density at radius 1 is 0.933 bits per heavy atom. The second-order valence-corrected chi connectivity index (χ2v) is 7.98. The van der Waals surface area contributed by atoms with Gasteiger partial charge in [0.15, 0.2) is 23.3 Å². The molecule has 0 saturated carbocycles. The van der Waals surface area contributed by atoms with E-state index in [4.69, 9.17) is 0 Å². The highest BCUT2D eigenvalue weighted by atomic mass is 32.1. The highest BCUT2D eigenvalue weighted by Crippen LogP contribution is 2.39. The first-order valence-electron chi connectivity index (χ1n) is 9.18. The molecule has 0 radical (unpaired) electrons. The highest BCUT2D eigenvalue weighted by molar-refractivity contribution is 7.17. The Kier molecular flexibility index (Phi) is 6.26. The summed E-state index contributed by atoms with van der Waals surface area (Å²) in [7, 11) is 0. The summed E-state index contributed by atoms with van der Waals surface area (Å²) in [5, 5.41) is 2.09. The van der Waals surface area contributed by atoms with Crippen molar-refractivity contribution in [1.82, 2.24) is 0 Å². The van der Waals surface area contributed by atoms with Gasteiger partial charge in [0.1, 0.15) is 11.5 Å². The molecule has 1 aromatic heterocycles. The maximum absolute atomic E-state index is 14.7. The minimum absolute atomic E-state index is 0.0599. The number of hydrogen-bond donors (Lipinski definition) is 1. The maximum Gasteiger partial charge on any atom is 0.265 e. The van der Waals surface area contributed by atoms with E-state index in [1.165, 1.54) is 19.1 Å². The van der Waals surface area contributed by atoms with Crippen molar-refractivity contribution in [3.05, 3.63) is 74.9 Å². The van der Waals surface area contributed by atoms with Gasteiger partial charge in [-0.15, -0.1) is 11.3 Å². The Hall–Kier alpha value is -2.74. The van der Waals surface area contributed by atoms with Crippen molar-refractivity contribution >= 4 is 22.9 Å². The van der Waals surface area contributed by atoms with E-state index >= 15 is 0 Å². The third-order valence-electron chi connectivity index (χ3n) is 4.61. The molecule has 2 nitrogen and oxygen atoms in total. The number of halogens is 5. The van der Waals surface area contributed by atoms with Crippen LogP contribution < -0.4 is 5.32 Å². The molecule has 30 heavy (non-hydrogen) atoms. The van der Waals surface area contributed by atoms with Crippen LogP contribution in [-0.2, 0) is 6.42 Å². The average molecular weight is 439 g/mol. The fraction of sp³-hybridized carbons (Fsp3) is 0.227. The molecular formula is C22H18F5NOS. The van der Waals surface area contributed by atoms with Gasteiger partial charge in [0, 0.05) is 22.6 Å². The number of aryl methyl sites for hydroxylation is 3. The molecule has 0 aliphatic carbocycles. The lowest BCUT2D eigenvalue weighted by Gasteiger charge is -2.11. The fourth-order valence-electron chi connectivity index (χ4n) is 3.24. The van der Waals surface area contributed by atoms with Gasteiger partial charge < -0.3 is 5.32 Å². The summed E-state index contributed by atoms with van der Waals surface area (Å²) in [6.07, 6.45) is 1.17. The van der Waals surface area contributed by atoms with Crippen molar-refractivity contribution < 1.29 is 26.7 Å². The van der Waals surface area contributed by atoms with E-state index in [0.29, 0.717) is 41.0 Å². The summed E-state index contributed by atoms with van der Waals surface area (Å²) < 4.78 is 69.7. The molecule has 0 bridgehead atoms. The molecule has 1 N–H and O–H groups in total. The monoisotopic (exact) mass is 439 g/mol. The lowest BCUT2D eigenvalue weighted by molar-refractivity contribution is 0.102. The lowest BCUT2D eigenvalue weighted by Crippen LogP contribution is -2.13. The smallest absolute Gasteiger partial charge is 0.265 e. The zero-order valence-electron chi connectivity index (χ0n) is 16.4. The average Bonchev–Trinajstić information content (AvgIpc) is 3.07. The van der Waals surface area contributed by atoms with Gasteiger partial charge in [-0.2, -0.15) is 0 Å². The van der Waals surface area contributed by atoms with E-state index in [0.717, 1.165) is 11.3 Å². The van der Waals surface area contributed by atoms with Crippen LogP contribution in [0.25, 0.3) is 10.4 Å². The zero-order valence-corrected chi connectivity index (χ0v) is 17.2. The van der Waals surface area contributed by atoms with Gasteiger partial charge in [-0.05, 0) is 43.0 Å². The first kappa shape index (κ1) is 22.0. The van der Waals surface area contributed by atoms with Crippen LogP contribution in [0, 0.1) is 42.9 Å². The minimum Gasteiger partial charge on any atom is -0.316 e. The Bertz CT molecular complexity index is 1120. The zero-order chi connectivity index (χ0) is 22.2. The van der Waals surface area contributed by atoms with Crippen molar-refractivity contribution in [1.29, 1.82) is 0 Å². The van der Waals surface area contributed by atoms with Crippen molar-refractivity contribution in [2.45, 2.75) is 33.6 Å². The van der Waals surface area contributed by atoms with Gasteiger partial charge in [-0.1, -0.05) is 19.4 Å². The second kappa shape index (κ2) is 8.55. The molecule has 0 unspecified atom stereocenters. The van der Waals surface area contributed by atoms with Crippen LogP contribution in [0.4, 0.5) is 27.6 Å². The normalized spacial score (nSPS) is 11.1. The van der Waals surface area contributed by atoms with E-state index in [9.17, 15) is 26.7 Å². The van der Waals surface area contributed by atoms with Gasteiger partial charge in [0.05, 0.1) is 4.88 Å². The first-order chi connectivity index (χ1) is 14.1. The lowest BCUT2D eigenvalue weighted by atomic mass is 9.99. The van der Waals surface area contributed by atoms with Crippen LogP contribution in [-0.4, -0.2) is 5.91 Å². The predicted molar refractivity (Wildman–Crippen MR) is 107 cm³/mol. The Balaban J connectivity index is 2.06. The third-order valence-corrected chi connectivity index (χ3v) is 5.80. The molecule has 3 aromatic rings. The second-order valence-electron chi connectivity index (χ2n) is 6.93. The minimum atomic E-state index is -1.26. The molecule has 0 aliphatic rings. The van der Waals surface area contributed by atoms with E-state index < -0.39 is 40.7 Å². The number of benzene rings is 2. The van der Waals surface area contributed by atoms with Gasteiger partial charge in [0.25, 0.3) is 5.91 Å². The summed E-state index contributed by atoms with van der Waals surface area (Å²) in [5.74, 6) is -6.43. The molecular weight excluding hydrogens is 421 g/mol. The molecule has 0 saturated heterocycles. The van der Waals surface area contributed by atoms with E-state index in [2.05, 4.69) is 5.32 Å². The van der Waals surface area contributed by atoms with E-state index in [1.807, 2.05) is 6.92 Å². The summed E-state index contributed by atoms with van der Waals surface area (Å²) >= 11 is 0.900. The number of rotatable bonds is 5. The highest BCUT2D eigenvalue weighted by Gasteiger charge is 2.23. The number of hydrogen-bond acceptors (Lipinski definition) is 2. The standard InChI is InChI=1S/C22H18F5NOS/c1-4-5-12-7-16(22(29)28-20-14(24)8-13(23)9-15(20)25)30-21(12)17-10(2)6-11(3)18(26)19(17)27/h6-9H,4-5H2,1-3H3,(H,28,29). The summed E-state index contributed by atoms with van der Waals surface area (Å²) in [6, 6.07) is 3.92. The van der Waals surface area contributed by atoms with Crippen LogP contribution >= 0.6 is 11.3 Å². The van der Waals surface area contributed by atoms with Crippen molar-refractivity contribution in [2.24, 2.45) is 0 Å². The van der Waals surface area contributed by atoms with E-state index in [-0.39, 0.29) is 16.0 Å². The molecule has 1 heterocycles. The quantitative estimate of drug-likeness (QED) is 0.429. The van der Waals surface area contributed by atoms with E-state index in [1.54, 1.807) is 6.92 Å². The van der Waals surface area contributed by atoms with Gasteiger partial charge in [0.2, 0.25) is 0 Å². The molecule has 0 spiro atoms. The number of anilines is 1. The van der Waals surface area contributed by atoms with Crippen molar-refractivity contribution in [3.63, 3.8) is 0 Å². The molecule has 0 aliphatic heterocycles. The van der Waals surface area contributed by atoms with Crippen LogP contribution in [0.1, 0.15) is 39.7 Å². The van der Waals surface area contributed by atoms with Gasteiger partial charge in [-0.25, -0.2) is 22.0 Å². The summed E-state index contributed by atoms with van der Waals surface area (Å²) in [4.78, 5) is 13.1. The molecule has 0 fully saturated rings. The Morgan fingerprint density at radius 3 is 2.17 bits per heavy atom. The van der Waals surface area contributed by atoms with Gasteiger partial charge in [-0.3, -0.25) is 4.79 Å². The van der Waals surface area contributed by atoms with Crippen LogP contribution in [0.3, 0.4) is 0 Å². The molecule has 3 rings (SSSR count). The Labute approximate surface area is 174 Å². The number of carbonyl (C=O) groups is 1. The predicted octanol–water partition coefficient (Wildman–Crippen LogP) is 6.93. The third kappa shape index (κ3) is 4.09. The number of amides is 1. The van der Waals surface area contributed by atoms with Crippen LogP contribution in [0.15, 0.2) is 24.3 Å². The van der Waals surface area contributed by atoms with Crippen molar-refractivity contribution in [2.75, 3.05) is 5.32 Å². The number of nitrogens with one attached hydrogen (secondary N) is 1. The molecule has 8 heteroatoms. The van der Waals surface area contributed by atoms with Crippen molar-refractivity contribution in [3.8, 4) is 10.4 Å². The maximum atomic E-state index is 14.7. The topological polar surface area (TPSA) is 29.1 Å². The summed E-state index contributed by atoms with van der Waals surface area (Å²) in [6.45, 7) is 4.99. The fourth-order valence-corrected chi connectivity index (χ4v) is 4.45. The molecule has 1 amide bonds. The molecule has 158 valence electrons. The summed E-state index contributed by atoms with van der Waals surface area (Å²) in [5.41, 5.74) is 0.579. The Morgan fingerprint density at radius 2 is 1.57 bits per heavy atom. The van der Waals surface area contributed by atoms with Crippen LogP contribution in [0.2, 0.25) is 0 Å². The molecule has 0 atom stereocenters. The largest absolute Gasteiger partial charge is 0.316 e. The first-order valence-corrected chi connectivity index (χ1v) is 9.99. The molecule has 2 aromatic carbocycles. The number of carbonyl (C=O) groups excluding carboxylic acids is 1. The van der Waals surface area contributed by atoms with Crippen LogP contribution in [0.5, 0.6) is 0 Å². The number of thiophene rings is 1. The SMILES string of the molecule is CCCc1cc(C(=O)Nc2c(F)cc(F)cc2F)sc1-c1c(C)cc(C)c(F)c1F. The van der Waals surface area contributed by atoms with Gasteiger partial charge >= 0.3 is 0 Å².